The van der Waals surface area contributed by atoms with Crippen molar-refractivity contribution in [2.45, 2.75) is 17.7 Å². The van der Waals surface area contributed by atoms with E-state index in [0.717, 1.165) is 0 Å². The predicted octanol–water partition coefficient (Wildman–Crippen LogP) is 2.44. The SMILES string of the molecule is COc1ccc(S(=O)(=O)N2CCC(C(=O)Oc3ccc4c(c3)OCO4)CC2)cc1OC. The van der Waals surface area contributed by atoms with Gasteiger partial charge in [0.2, 0.25) is 16.8 Å². The molecule has 166 valence electrons. The Morgan fingerprint density at radius 2 is 1.68 bits per heavy atom. The topological polar surface area (TPSA) is 101 Å². The summed E-state index contributed by atoms with van der Waals surface area (Å²) in [6.45, 7) is 0.578. The van der Waals surface area contributed by atoms with Gasteiger partial charge in [0.25, 0.3) is 0 Å². The van der Waals surface area contributed by atoms with Gasteiger partial charge in [-0.3, -0.25) is 4.79 Å². The van der Waals surface area contributed by atoms with E-state index in [1.165, 1.54) is 30.7 Å². The molecular weight excluding hydrogens is 426 g/mol. The minimum Gasteiger partial charge on any atom is -0.493 e. The second-order valence-corrected chi connectivity index (χ2v) is 9.07. The normalized spacial score (nSPS) is 16.7. The van der Waals surface area contributed by atoms with Crippen molar-refractivity contribution in [3.63, 3.8) is 0 Å². The van der Waals surface area contributed by atoms with Crippen LogP contribution < -0.4 is 23.7 Å². The summed E-state index contributed by atoms with van der Waals surface area (Å²) in [6, 6.07) is 9.41. The minimum absolute atomic E-state index is 0.117. The summed E-state index contributed by atoms with van der Waals surface area (Å²) in [4.78, 5) is 12.7. The standard InChI is InChI=1S/C21H23NO8S/c1-26-17-6-4-16(12-19(17)27-2)31(24,25)22-9-7-14(8-10-22)21(23)30-15-3-5-18-20(11-15)29-13-28-18/h3-6,11-12,14H,7-10,13H2,1-2H3. The molecular formula is C21H23NO8S. The fourth-order valence-electron chi connectivity index (χ4n) is 3.60. The number of hydrogen-bond donors (Lipinski definition) is 0. The Hall–Kier alpha value is -2.98. The van der Waals surface area contributed by atoms with Crippen LogP contribution in [0.1, 0.15) is 12.8 Å². The molecule has 1 saturated heterocycles. The Labute approximate surface area is 180 Å². The Morgan fingerprint density at radius 1 is 0.968 bits per heavy atom. The van der Waals surface area contributed by atoms with E-state index in [2.05, 4.69) is 0 Å². The lowest BCUT2D eigenvalue weighted by molar-refractivity contribution is -0.140. The second-order valence-electron chi connectivity index (χ2n) is 7.13. The predicted molar refractivity (Wildman–Crippen MR) is 109 cm³/mol. The van der Waals surface area contributed by atoms with Gasteiger partial charge in [0, 0.05) is 25.2 Å². The first-order valence-electron chi connectivity index (χ1n) is 9.76. The van der Waals surface area contributed by atoms with Gasteiger partial charge in [-0.25, -0.2) is 8.42 Å². The van der Waals surface area contributed by atoms with Crippen LogP contribution in [0.25, 0.3) is 0 Å². The third-order valence-electron chi connectivity index (χ3n) is 5.34. The van der Waals surface area contributed by atoms with Crippen molar-refractivity contribution in [2.24, 2.45) is 5.92 Å². The quantitative estimate of drug-likeness (QED) is 0.490. The minimum atomic E-state index is -3.72. The Bertz CT molecular complexity index is 1080. The van der Waals surface area contributed by atoms with Crippen LogP contribution in [0, 0.1) is 5.92 Å². The smallest absolute Gasteiger partial charge is 0.314 e. The zero-order valence-corrected chi connectivity index (χ0v) is 18.0. The molecule has 0 amide bonds. The van der Waals surface area contributed by atoms with Gasteiger partial charge in [-0.05, 0) is 37.1 Å². The molecule has 4 rings (SSSR count). The number of nitrogens with zero attached hydrogens (tertiary/aromatic N) is 1. The van der Waals surface area contributed by atoms with Gasteiger partial charge in [0.1, 0.15) is 5.75 Å². The van der Waals surface area contributed by atoms with Gasteiger partial charge in [-0.2, -0.15) is 4.31 Å². The van der Waals surface area contributed by atoms with Crippen LogP contribution in [0.5, 0.6) is 28.7 Å². The van der Waals surface area contributed by atoms with E-state index >= 15 is 0 Å². The molecule has 2 heterocycles. The highest BCUT2D eigenvalue weighted by Gasteiger charge is 2.33. The number of carbonyl (C=O) groups is 1. The third kappa shape index (κ3) is 4.26. The molecule has 31 heavy (non-hydrogen) atoms. The Balaban J connectivity index is 1.39. The first kappa shape index (κ1) is 21.3. The van der Waals surface area contributed by atoms with Gasteiger partial charge >= 0.3 is 5.97 Å². The largest absolute Gasteiger partial charge is 0.493 e. The van der Waals surface area contributed by atoms with Crippen LogP contribution in [0.15, 0.2) is 41.3 Å². The summed E-state index contributed by atoms with van der Waals surface area (Å²) >= 11 is 0. The van der Waals surface area contributed by atoms with Crippen molar-refractivity contribution < 1.29 is 36.9 Å². The zero-order valence-electron chi connectivity index (χ0n) is 17.2. The maximum absolute atomic E-state index is 13.0. The molecule has 10 heteroatoms. The summed E-state index contributed by atoms with van der Waals surface area (Å²) in [5.41, 5.74) is 0. The van der Waals surface area contributed by atoms with Crippen LogP contribution in [0.3, 0.4) is 0 Å². The van der Waals surface area contributed by atoms with Gasteiger partial charge in [-0.15, -0.1) is 0 Å². The maximum atomic E-state index is 13.0. The van der Waals surface area contributed by atoms with Gasteiger partial charge in [0.15, 0.2) is 23.0 Å². The molecule has 2 aliphatic heterocycles. The fraction of sp³-hybridized carbons (Fsp3) is 0.381. The van der Waals surface area contributed by atoms with Gasteiger partial charge < -0.3 is 23.7 Å². The maximum Gasteiger partial charge on any atom is 0.314 e. The molecule has 1 fully saturated rings. The molecule has 0 aromatic heterocycles. The van der Waals surface area contributed by atoms with Crippen molar-refractivity contribution in [3.05, 3.63) is 36.4 Å². The molecule has 2 aliphatic rings. The first-order valence-corrected chi connectivity index (χ1v) is 11.2. The third-order valence-corrected chi connectivity index (χ3v) is 7.24. The number of hydrogen-bond acceptors (Lipinski definition) is 8. The molecule has 2 aromatic rings. The molecule has 0 bridgehead atoms. The highest BCUT2D eigenvalue weighted by atomic mass is 32.2. The number of sulfonamides is 1. The van der Waals surface area contributed by atoms with Crippen LogP contribution in [0.4, 0.5) is 0 Å². The van der Waals surface area contributed by atoms with Crippen molar-refractivity contribution in [2.75, 3.05) is 34.1 Å². The number of fused-ring (bicyclic) bond motifs is 1. The van der Waals surface area contributed by atoms with Gasteiger partial charge in [0.05, 0.1) is 25.0 Å². The lowest BCUT2D eigenvalue weighted by atomic mass is 9.98. The van der Waals surface area contributed by atoms with E-state index in [-0.39, 0.29) is 36.7 Å². The number of carbonyl (C=O) groups excluding carboxylic acids is 1. The number of methoxy groups -OCH3 is 2. The lowest BCUT2D eigenvalue weighted by Gasteiger charge is -2.30. The second kappa shape index (κ2) is 8.64. The Morgan fingerprint density at radius 3 is 2.39 bits per heavy atom. The molecule has 0 unspecified atom stereocenters. The van der Waals surface area contributed by atoms with Crippen LogP contribution in [-0.4, -0.2) is 52.8 Å². The van der Waals surface area contributed by atoms with E-state index < -0.39 is 10.0 Å². The fourth-order valence-corrected chi connectivity index (χ4v) is 5.08. The molecule has 0 aliphatic carbocycles. The first-order chi connectivity index (χ1) is 14.9. The lowest BCUT2D eigenvalue weighted by Crippen LogP contribution is -2.41. The molecule has 0 N–H and O–H groups in total. The number of benzene rings is 2. The average molecular weight is 449 g/mol. The molecule has 9 nitrogen and oxygen atoms in total. The summed E-state index contributed by atoms with van der Waals surface area (Å²) in [6.07, 6.45) is 0.742. The highest BCUT2D eigenvalue weighted by molar-refractivity contribution is 7.89. The van der Waals surface area contributed by atoms with E-state index in [9.17, 15) is 13.2 Å². The van der Waals surface area contributed by atoms with Crippen molar-refractivity contribution >= 4 is 16.0 Å². The van der Waals surface area contributed by atoms with Crippen molar-refractivity contribution in [3.8, 4) is 28.7 Å². The summed E-state index contributed by atoms with van der Waals surface area (Å²) in [7, 11) is -0.784. The highest BCUT2D eigenvalue weighted by Crippen LogP contribution is 2.36. The number of ether oxygens (including phenoxy) is 5. The summed E-state index contributed by atoms with van der Waals surface area (Å²) < 4.78 is 53.8. The van der Waals surface area contributed by atoms with Crippen molar-refractivity contribution in [1.82, 2.24) is 4.31 Å². The molecule has 0 spiro atoms. The molecule has 0 saturated carbocycles. The van der Waals surface area contributed by atoms with Gasteiger partial charge in [-0.1, -0.05) is 0 Å². The van der Waals surface area contributed by atoms with Crippen LogP contribution in [-0.2, 0) is 14.8 Å². The molecule has 0 atom stereocenters. The van der Waals surface area contributed by atoms with Crippen LogP contribution in [0.2, 0.25) is 0 Å². The summed E-state index contributed by atoms with van der Waals surface area (Å²) in [5.74, 6) is 1.52. The molecule has 0 radical (unpaired) electrons. The Kier molecular flexibility index (Phi) is 5.92. The zero-order chi connectivity index (χ0) is 22.0. The number of esters is 1. The molecule has 2 aromatic carbocycles. The number of rotatable bonds is 6. The van der Waals surface area contributed by atoms with E-state index in [1.54, 1.807) is 24.3 Å². The van der Waals surface area contributed by atoms with E-state index in [0.29, 0.717) is 41.6 Å². The van der Waals surface area contributed by atoms with E-state index in [4.69, 9.17) is 23.7 Å². The summed E-state index contributed by atoms with van der Waals surface area (Å²) in [5, 5.41) is 0. The monoisotopic (exact) mass is 449 g/mol. The number of piperidine rings is 1. The van der Waals surface area contributed by atoms with Crippen molar-refractivity contribution in [1.29, 1.82) is 0 Å². The van der Waals surface area contributed by atoms with E-state index in [1.807, 2.05) is 0 Å². The average Bonchev–Trinajstić information content (AvgIpc) is 3.26. The van der Waals surface area contributed by atoms with Crippen LogP contribution >= 0.6 is 0 Å².